The highest BCUT2D eigenvalue weighted by Crippen LogP contribution is 2.27. The van der Waals surface area contributed by atoms with Gasteiger partial charge in [0.05, 0.1) is 4.90 Å². The Morgan fingerprint density at radius 2 is 1.86 bits per heavy atom. The van der Waals surface area contributed by atoms with Crippen molar-refractivity contribution in [2.24, 2.45) is 0 Å². The van der Waals surface area contributed by atoms with E-state index in [2.05, 4.69) is 0 Å². The highest BCUT2D eigenvalue weighted by Gasteiger charge is 2.31. The molecule has 28 heavy (non-hydrogen) atoms. The predicted octanol–water partition coefficient (Wildman–Crippen LogP) is 3.83. The summed E-state index contributed by atoms with van der Waals surface area (Å²) >= 11 is 0. The number of nitrogens with zero attached hydrogens (tertiary/aromatic N) is 2. The molecule has 6 heteroatoms. The highest BCUT2D eigenvalue weighted by atomic mass is 32.2. The first-order chi connectivity index (χ1) is 13.3. The summed E-state index contributed by atoms with van der Waals surface area (Å²) in [6.07, 6.45) is 2.80. The van der Waals surface area contributed by atoms with Crippen LogP contribution in [0, 0.1) is 6.92 Å². The molecule has 150 valence electrons. The summed E-state index contributed by atoms with van der Waals surface area (Å²) in [7, 11) is -1.87. The van der Waals surface area contributed by atoms with E-state index in [1.807, 2.05) is 44.2 Å². The Hall–Kier alpha value is -2.18. The van der Waals surface area contributed by atoms with Crippen molar-refractivity contribution in [3.8, 4) is 0 Å². The molecule has 1 saturated heterocycles. The summed E-state index contributed by atoms with van der Waals surface area (Å²) in [5.41, 5.74) is 2.24. The average molecular weight is 401 g/mol. The Morgan fingerprint density at radius 3 is 2.54 bits per heavy atom. The maximum atomic E-state index is 13.1. The van der Waals surface area contributed by atoms with Gasteiger partial charge >= 0.3 is 0 Å². The minimum Gasteiger partial charge on any atom is -0.337 e. The van der Waals surface area contributed by atoms with Crippen molar-refractivity contribution in [1.82, 2.24) is 9.21 Å². The quantitative estimate of drug-likeness (QED) is 0.766. The summed E-state index contributed by atoms with van der Waals surface area (Å²) < 4.78 is 27.9. The third-order valence-corrected chi connectivity index (χ3v) is 7.41. The number of hydrogen-bond acceptors (Lipinski definition) is 3. The molecule has 1 atom stereocenters. The lowest BCUT2D eigenvalue weighted by Crippen LogP contribution is -2.42. The van der Waals surface area contributed by atoms with Gasteiger partial charge in [0, 0.05) is 31.7 Å². The number of benzene rings is 2. The van der Waals surface area contributed by atoms with Gasteiger partial charge in [-0.25, -0.2) is 8.42 Å². The van der Waals surface area contributed by atoms with Crippen LogP contribution in [0.15, 0.2) is 53.4 Å². The molecule has 0 bridgehead atoms. The fourth-order valence-corrected chi connectivity index (χ4v) is 5.42. The third-order valence-electron chi connectivity index (χ3n) is 5.40. The maximum absolute atomic E-state index is 13.1. The number of amides is 1. The van der Waals surface area contributed by atoms with Crippen LogP contribution in [0.1, 0.15) is 47.7 Å². The first-order valence-electron chi connectivity index (χ1n) is 9.72. The lowest BCUT2D eigenvalue weighted by atomic mass is 10.1. The summed E-state index contributed by atoms with van der Waals surface area (Å²) in [6, 6.07) is 14.6. The van der Waals surface area contributed by atoms with Crippen molar-refractivity contribution in [1.29, 1.82) is 0 Å². The first kappa shape index (κ1) is 20.6. The molecule has 1 heterocycles. The molecule has 0 saturated carbocycles. The zero-order valence-corrected chi connectivity index (χ0v) is 17.6. The molecule has 2 aromatic rings. The van der Waals surface area contributed by atoms with Crippen LogP contribution in [0.3, 0.4) is 0 Å². The number of aryl methyl sites for hydroxylation is 1. The summed E-state index contributed by atoms with van der Waals surface area (Å²) in [5.74, 6) is -0.176. The molecule has 1 fully saturated rings. The minimum absolute atomic E-state index is 0.0139. The van der Waals surface area contributed by atoms with Crippen LogP contribution in [0.2, 0.25) is 0 Å². The Kier molecular flexibility index (Phi) is 6.20. The van der Waals surface area contributed by atoms with Crippen molar-refractivity contribution < 1.29 is 13.2 Å². The molecule has 0 N–H and O–H groups in total. The van der Waals surface area contributed by atoms with E-state index in [9.17, 15) is 13.2 Å². The Morgan fingerprint density at radius 1 is 1.14 bits per heavy atom. The van der Waals surface area contributed by atoms with Crippen molar-refractivity contribution in [2.45, 2.75) is 50.6 Å². The van der Waals surface area contributed by atoms with Gasteiger partial charge in [-0.2, -0.15) is 4.31 Å². The molecule has 0 radical (unpaired) electrons. The van der Waals surface area contributed by atoms with Crippen molar-refractivity contribution in [2.75, 3.05) is 13.6 Å². The Balaban J connectivity index is 1.87. The van der Waals surface area contributed by atoms with E-state index in [1.165, 1.54) is 6.07 Å². The van der Waals surface area contributed by atoms with Gasteiger partial charge < -0.3 is 4.90 Å². The van der Waals surface area contributed by atoms with E-state index in [0.717, 1.165) is 30.4 Å². The minimum atomic E-state index is -3.61. The van der Waals surface area contributed by atoms with Gasteiger partial charge in [-0.05, 0) is 49.9 Å². The Labute approximate surface area is 168 Å². The van der Waals surface area contributed by atoms with Gasteiger partial charge in [0.25, 0.3) is 5.91 Å². The standard InChI is InChI=1S/C22H28N2O3S/c1-17-12-13-20(28(26,27)24-14-8-7-9-18(24)2)15-21(17)22(25)23(3)16-19-10-5-4-6-11-19/h4-6,10-13,15,18H,7-9,14,16H2,1-3H3. The van der Waals surface area contributed by atoms with E-state index in [0.29, 0.717) is 18.7 Å². The Bertz CT molecular complexity index is 942. The summed E-state index contributed by atoms with van der Waals surface area (Å²) in [4.78, 5) is 14.8. The van der Waals surface area contributed by atoms with Gasteiger partial charge in [0.2, 0.25) is 10.0 Å². The summed E-state index contributed by atoms with van der Waals surface area (Å²) in [6.45, 7) is 4.79. The second kappa shape index (κ2) is 8.45. The number of carbonyl (C=O) groups excluding carboxylic acids is 1. The van der Waals surface area contributed by atoms with Crippen LogP contribution in [0.4, 0.5) is 0 Å². The molecule has 1 aliphatic rings. The van der Waals surface area contributed by atoms with Gasteiger partial charge in [-0.3, -0.25) is 4.79 Å². The van der Waals surface area contributed by atoms with E-state index < -0.39 is 10.0 Å². The van der Waals surface area contributed by atoms with Gasteiger partial charge in [-0.1, -0.05) is 42.8 Å². The zero-order chi connectivity index (χ0) is 20.3. The number of hydrogen-bond donors (Lipinski definition) is 0. The molecule has 0 aliphatic carbocycles. The molecular weight excluding hydrogens is 372 g/mol. The fraction of sp³-hybridized carbons (Fsp3) is 0.409. The normalized spacial score (nSPS) is 18.0. The van der Waals surface area contributed by atoms with Gasteiger partial charge in [-0.15, -0.1) is 0 Å². The van der Waals surface area contributed by atoms with Crippen molar-refractivity contribution in [3.05, 3.63) is 65.2 Å². The molecule has 1 aliphatic heterocycles. The SMILES string of the molecule is Cc1ccc(S(=O)(=O)N2CCCCC2C)cc1C(=O)N(C)Cc1ccccc1. The molecule has 1 amide bonds. The van der Waals surface area contributed by atoms with Crippen LogP contribution >= 0.6 is 0 Å². The molecule has 3 rings (SSSR count). The number of sulfonamides is 1. The lowest BCUT2D eigenvalue weighted by molar-refractivity contribution is 0.0784. The zero-order valence-electron chi connectivity index (χ0n) is 16.8. The summed E-state index contributed by atoms with van der Waals surface area (Å²) in [5, 5.41) is 0. The van der Waals surface area contributed by atoms with Crippen LogP contribution < -0.4 is 0 Å². The lowest BCUT2D eigenvalue weighted by Gasteiger charge is -2.32. The van der Waals surface area contributed by atoms with Crippen LogP contribution in [0.5, 0.6) is 0 Å². The predicted molar refractivity (Wildman–Crippen MR) is 111 cm³/mol. The fourth-order valence-electron chi connectivity index (χ4n) is 3.69. The van der Waals surface area contributed by atoms with Crippen molar-refractivity contribution >= 4 is 15.9 Å². The van der Waals surface area contributed by atoms with Crippen LogP contribution in [-0.2, 0) is 16.6 Å². The van der Waals surface area contributed by atoms with E-state index in [-0.39, 0.29) is 16.8 Å². The van der Waals surface area contributed by atoms with E-state index in [4.69, 9.17) is 0 Å². The molecule has 5 nitrogen and oxygen atoms in total. The number of piperidine rings is 1. The van der Waals surface area contributed by atoms with Gasteiger partial charge in [0.15, 0.2) is 0 Å². The average Bonchev–Trinajstić information content (AvgIpc) is 2.68. The molecule has 2 aromatic carbocycles. The van der Waals surface area contributed by atoms with E-state index in [1.54, 1.807) is 28.4 Å². The third kappa shape index (κ3) is 4.28. The van der Waals surface area contributed by atoms with Crippen LogP contribution in [-0.4, -0.2) is 43.2 Å². The second-order valence-corrected chi connectivity index (χ2v) is 9.47. The number of rotatable bonds is 5. The molecule has 1 unspecified atom stereocenters. The van der Waals surface area contributed by atoms with E-state index >= 15 is 0 Å². The molecule has 0 aromatic heterocycles. The highest BCUT2D eigenvalue weighted by molar-refractivity contribution is 7.89. The monoisotopic (exact) mass is 400 g/mol. The maximum Gasteiger partial charge on any atom is 0.254 e. The molecule has 0 spiro atoms. The smallest absolute Gasteiger partial charge is 0.254 e. The first-order valence-corrected chi connectivity index (χ1v) is 11.2. The topological polar surface area (TPSA) is 57.7 Å². The molecular formula is C22H28N2O3S. The van der Waals surface area contributed by atoms with Crippen LogP contribution in [0.25, 0.3) is 0 Å². The van der Waals surface area contributed by atoms with Crippen molar-refractivity contribution in [3.63, 3.8) is 0 Å². The number of carbonyl (C=O) groups is 1. The van der Waals surface area contributed by atoms with Gasteiger partial charge in [0.1, 0.15) is 0 Å². The largest absolute Gasteiger partial charge is 0.337 e. The second-order valence-electron chi connectivity index (χ2n) is 7.58.